The summed E-state index contributed by atoms with van der Waals surface area (Å²) >= 11 is 5.69. The summed E-state index contributed by atoms with van der Waals surface area (Å²) in [5, 5.41) is 9.47. The molecule has 0 bridgehead atoms. The van der Waals surface area contributed by atoms with Crippen molar-refractivity contribution in [3.8, 4) is 0 Å². The number of carboxylic acid groups (broad SMARTS) is 1. The number of hydrogen-bond acceptors (Lipinski definition) is 2. The molecule has 1 saturated heterocycles. The van der Waals surface area contributed by atoms with Gasteiger partial charge in [-0.3, -0.25) is 9.69 Å². The van der Waals surface area contributed by atoms with Gasteiger partial charge in [0.15, 0.2) is 0 Å². The normalized spacial score (nSPS) is 24.1. The molecule has 1 aliphatic rings. The van der Waals surface area contributed by atoms with E-state index in [0.717, 1.165) is 0 Å². The maximum atomic E-state index is 13.6. The topological polar surface area (TPSA) is 40.5 Å². The molecule has 1 aromatic carbocycles. The lowest BCUT2D eigenvalue weighted by molar-refractivity contribution is -0.141. The Labute approximate surface area is 123 Å². The predicted molar refractivity (Wildman–Crippen MR) is 76.6 cm³/mol. The Morgan fingerprint density at radius 1 is 1.40 bits per heavy atom. The summed E-state index contributed by atoms with van der Waals surface area (Å²) < 4.78 is 13.6. The SMILES string of the molecule is CC(C)(C)N1CC(C(=O)O)C(c2ccc(Cl)c(F)c2)C1. The summed E-state index contributed by atoms with van der Waals surface area (Å²) in [6, 6.07) is 4.57. The first-order valence-corrected chi connectivity index (χ1v) is 7.00. The second-order valence-corrected chi connectivity index (χ2v) is 6.71. The quantitative estimate of drug-likeness (QED) is 0.910. The highest BCUT2D eigenvalue weighted by Gasteiger charge is 2.42. The van der Waals surface area contributed by atoms with E-state index in [1.807, 2.05) is 0 Å². The molecule has 1 aliphatic heterocycles. The van der Waals surface area contributed by atoms with E-state index < -0.39 is 17.7 Å². The van der Waals surface area contributed by atoms with E-state index in [1.54, 1.807) is 6.07 Å². The van der Waals surface area contributed by atoms with Crippen molar-refractivity contribution in [1.29, 1.82) is 0 Å². The van der Waals surface area contributed by atoms with Crippen molar-refractivity contribution in [2.24, 2.45) is 5.92 Å². The Bertz CT molecular complexity index is 527. The molecule has 0 aromatic heterocycles. The molecule has 0 spiro atoms. The van der Waals surface area contributed by atoms with Crippen molar-refractivity contribution in [1.82, 2.24) is 4.90 Å². The zero-order valence-electron chi connectivity index (χ0n) is 11.9. The zero-order valence-corrected chi connectivity index (χ0v) is 12.6. The van der Waals surface area contributed by atoms with Crippen LogP contribution in [-0.2, 0) is 4.79 Å². The van der Waals surface area contributed by atoms with Gasteiger partial charge in [-0.05, 0) is 38.5 Å². The number of hydrogen-bond donors (Lipinski definition) is 1. The monoisotopic (exact) mass is 299 g/mol. The Balaban J connectivity index is 2.32. The van der Waals surface area contributed by atoms with Crippen molar-refractivity contribution >= 4 is 17.6 Å². The number of aliphatic carboxylic acids is 1. The minimum atomic E-state index is -0.836. The number of carboxylic acids is 1. The average molecular weight is 300 g/mol. The number of nitrogens with zero attached hydrogens (tertiary/aromatic N) is 1. The first kappa shape index (κ1) is 15.3. The van der Waals surface area contributed by atoms with Gasteiger partial charge < -0.3 is 5.11 Å². The van der Waals surface area contributed by atoms with Gasteiger partial charge in [-0.15, -0.1) is 0 Å². The fourth-order valence-electron chi connectivity index (χ4n) is 2.68. The number of carbonyl (C=O) groups is 1. The number of rotatable bonds is 2. The van der Waals surface area contributed by atoms with Crippen LogP contribution in [0.3, 0.4) is 0 Å². The molecule has 3 nitrogen and oxygen atoms in total. The van der Waals surface area contributed by atoms with E-state index in [1.165, 1.54) is 12.1 Å². The first-order valence-electron chi connectivity index (χ1n) is 6.63. The smallest absolute Gasteiger partial charge is 0.308 e. The van der Waals surface area contributed by atoms with Crippen LogP contribution in [0.25, 0.3) is 0 Å². The Morgan fingerprint density at radius 2 is 2.05 bits per heavy atom. The van der Waals surface area contributed by atoms with Crippen molar-refractivity contribution in [2.75, 3.05) is 13.1 Å². The lowest BCUT2D eigenvalue weighted by atomic mass is 9.89. The fraction of sp³-hybridized carbons (Fsp3) is 0.533. The van der Waals surface area contributed by atoms with E-state index in [4.69, 9.17) is 11.6 Å². The third kappa shape index (κ3) is 2.96. The summed E-state index contributed by atoms with van der Waals surface area (Å²) in [7, 11) is 0. The molecule has 5 heteroatoms. The van der Waals surface area contributed by atoms with Gasteiger partial charge in [0.2, 0.25) is 0 Å². The van der Waals surface area contributed by atoms with Crippen molar-refractivity contribution < 1.29 is 14.3 Å². The standard InChI is InChI=1S/C15H19ClFNO2/c1-15(2,3)18-7-10(11(8-18)14(19)20)9-4-5-12(16)13(17)6-9/h4-6,10-11H,7-8H2,1-3H3,(H,19,20). The van der Waals surface area contributed by atoms with E-state index in [0.29, 0.717) is 18.7 Å². The summed E-state index contributed by atoms with van der Waals surface area (Å²) in [5.74, 6) is -2.06. The highest BCUT2D eigenvalue weighted by molar-refractivity contribution is 6.30. The minimum Gasteiger partial charge on any atom is -0.481 e. The Kier molecular flexibility index (Phi) is 4.07. The summed E-state index contributed by atoms with van der Waals surface area (Å²) in [6.07, 6.45) is 0. The molecule has 110 valence electrons. The third-order valence-corrected chi connectivity index (χ3v) is 4.26. The van der Waals surface area contributed by atoms with Crippen LogP contribution >= 0.6 is 11.6 Å². The molecule has 1 fully saturated rings. The van der Waals surface area contributed by atoms with Crippen molar-refractivity contribution in [3.63, 3.8) is 0 Å². The second kappa shape index (κ2) is 5.34. The van der Waals surface area contributed by atoms with Crippen molar-refractivity contribution in [3.05, 3.63) is 34.6 Å². The largest absolute Gasteiger partial charge is 0.481 e. The van der Waals surface area contributed by atoms with Gasteiger partial charge in [-0.2, -0.15) is 0 Å². The van der Waals surface area contributed by atoms with Crippen LogP contribution in [0.1, 0.15) is 32.3 Å². The fourth-order valence-corrected chi connectivity index (χ4v) is 2.80. The number of halogens is 2. The molecular formula is C15H19ClFNO2. The van der Waals surface area contributed by atoms with Crippen LogP contribution in [-0.4, -0.2) is 34.6 Å². The average Bonchev–Trinajstić information content (AvgIpc) is 2.77. The van der Waals surface area contributed by atoms with Gasteiger partial charge in [0, 0.05) is 24.5 Å². The Hall–Kier alpha value is -1.13. The molecular weight excluding hydrogens is 281 g/mol. The number of likely N-dealkylation sites (tertiary alicyclic amines) is 1. The van der Waals surface area contributed by atoms with E-state index >= 15 is 0 Å². The highest BCUT2D eigenvalue weighted by Crippen LogP contribution is 2.37. The van der Waals surface area contributed by atoms with Crippen LogP contribution in [0, 0.1) is 11.7 Å². The third-order valence-electron chi connectivity index (χ3n) is 3.96. The second-order valence-electron chi connectivity index (χ2n) is 6.30. The van der Waals surface area contributed by atoms with Gasteiger partial charge in [-0.25, -0.2) is 4.39 Å². The minimum absolute atomic E-state index is 0.0614. The summed E-state index contributed by atoms with van der Waals surface area (Å²) in [6.45, 7) is 7.25. The Morgan fingerprint density at radius 3 is 2.55 bits per heavy atom. The van der Waals surface area contributed by atoms with Gasteiger partial charge >= 0.3 is 5.97 Å². The van der Waals surface area contributed by atoms with E-state index in [-0.39, 0.29) is 16.5 Å². The van der Waals surface area contributed by atoms with Crippen LogP contribution < -0.4 is 0 Å². The van der Waals surface area contributed by atoms with Crippen LogP contribution in [0.5, 0.6) is 0 Å². The van der Waals surface area contributed by atoms with Crippen LogP contribution in [0.4, 0.5) is 4.39 Å². The van der Waals surface area contributed by atoms with Gasteiger partial charge in [0.05, 0.1) is 10.9 Å². The van der Waals surface area contributed by atoms with Gasteiger partial charge in [0.25, 0.3) is 0 Å². The molecule has 2 rings (SSSR count). The van der Waals surface area contributed by atoms with E-state index in [9.17, 15) is 14.3 Å². The zero-order chi connectivity index (χ0) is 15.1. The molecule has 20 heavy (non-hydrogen) atoms. The predicted octanol–water partition coefficient (Wildman–Crippen LogP) is 3.38. The van der Waals surface area contributed by atoms with Crippen molar-refractivity contribution in [2.45, 2.75) is 32.2 Å². The lowest BCUT2D eigenvalue weighted by Gasteiger charge is -2.31. The molecule has 2 unspecified atom stereocenters. The molecule has 0 radical (unpaired) electrons. The van der Waals surface area contributed by atoms with E-state index in [2.05, 4.69) is 25.7 Å². The van der Waals surface area contributed by atoms with Gasteiger partial charge in [0.1, 0.15) is 5.82 Å². The molecule has 1 N–H and O–H groups in total. The number of benzene rings is 1. The molecule has 1 aromatic rings. The summed E-state index contributed by atoms with van der Waals surface area (Å²) in [5.41, 5.74) is 0.596. The van der Waals surface area contributed by atoms with Gasteiger partial charge in [-0.1, -0.05) is 17.7 Å². The molecule has 0 aliphatic carbocycles. The summed E-state index contributed by atoms with van der Waals surface area (Å²) in [4.78, 5) is 13.6. The van der Waals surface area contributed by atoms with Crippen LogP contribution in [0.15, 0.2) is 18.2 Å². The maximum absolute atomic E-state index is 13.6. The first-order chi connectivity index (χ1) is 9.20. The highest BCUT2D eigenvalue weighted by atomic mass is 35.5. The lowest BCUT2D eigenvalue weighted by Crippen LogP contribution is -2.40. The molecule has 0 amide bonds. The molecule has 1 heterocycles. The molecule has 2 atom stereocenters. The maximum Gasteiger partial charge on any atom is 0.308 e. The molecule has 0 saturated carbocycles. The van der Waals surface area contributed by atoms with Crippen LogP contribution in [0.2, 0.25) is 5.02 Å².